The van der Waals surface area contributed by atoms with E-state index >= 15 is 0 Å². The number of nitrogens with one attached hydrogen (secondary N) is 1. The second-order valence-electron chi connectivity index (χ2n) is 8.17. The van der Waals surface area contributed by atoms with Crippen LogP contribution in [0, 0.1) is 0 Å². The fourth-order valence-corrected chi connectivity index (χ4v) is 4.96. The molecule has 6 nitrogen and oxygen atoms in total. The van der Waals surface area contributed by atoms with Crippen LogP contribution in [0.25, 0.3) is 16.7 Å². The number of para-hydroxylation sites is 1. The highest BCUT2D eigenvalue weighted by atomic mass is 16.5. The Morgan fingerprint density at radius 3 is 2.65 bits per heavy atom. The van der Waals surface area contributed by atoms with Crippen LogP contribution in [-0.4, -0.2) is 39.8 Å². The van der Waals surface area contributed by atoms with Crippen LogP contribution in [0.4, 0.5) is 0 Å². The fourth-order valence-electron chi connectivity index (χ4n) is 4.96. The van der Waals surface area contributed by atoms with E-state index in [4.69, 9.17) is 4.74 Å². The molecule has 158 valence electrons. The molecule has 31 heavy (non-hydrogen) atoms. The number of aliphatic hydroxyl groups is 1. The van der Waals surface area contributed by atoms with Gasteiger partial charge in [0, 0.05) is 28.7 Å². The lowest BCUT2D eigenvalue weighted by molar-refractivity contribution is -0.141. The summed E-state index contributed by atoms with van der Waals surface area (Å²) < 4.78 is 5.38. The fraction of sp³-hybridized carbons (Fsp3) is 0.280. The Labute approximate surface area is 180 Å². The van der Waals surface area contributed by atoms with Gasteiger partial charge in [-0.2, -0.15) is 0 Å². The van der Waals surface area contributed by atoms with E-state index in [9.17, 15) is 14.7 Å². The lowest BCUT2D eigenvalue weighted by atomic mass is 9.94. The Balaban J connectivity index is 1.72. The van der Waals surface area contributed by atoms with Crippen molar-refractivity contribution in [2.24, 2.45) is 0 Å². The van der Waals surface area contributed by atoms with E-state index in [-0.39, 0.29) is 17.4 Å². The molecule has 2 fully saturated rings. The van der Waals surface area contributed by atoms with Crippen LogP contribution in [-0.2, 0) is 9.59 Å². The number of ketones is 1. The molecular formula is C25H24N2O4. The molecule has 2 aliphatic rings. The molecule has 1 aromatic heterocycles. The number of benzene rings is 2. The highest BCUT2D eigenvalue weighted by molar-refractivity contribution is 6.46. The van der Waals surface area contributed by atoms with Gasteiger partial charge in [0.05, 0.1) is 18.7 Å². The van der Waals surface area contributed by atoms with E-state index < -0.39 is 17.7 Å². The van der Waals surface area contributed by atoms with Gasteiger partial charge in [0.2, 0.25) is 0 Å². The molecule has 0 spiro atoms. The first-order chi connectivity index (χ1) is 15.1. The Morgan fingerprint density at radius 2 is 1.87 bits per heavy atom. The molecule has 6 heteroatoms. The molecule has 0 radical (unpaired) electrons. The number of methoxy groups -OCH3 is 1. The number of aromatic nitrogens is 1. The molecule has 2 N–H and O–H groups in total. The van der Waals surface area contributed by atoms with Crippen molar-refractivity contribution in [1.82, 2.24) is 9.88 Å². The van der Waals surface area contributed by atoms with Crippen molar-refractivity contribution in [3.05, 3.63) is 71.4 Å². The lowest BCUT2D eigenvalue weighted by Crippen LogP contribution is -2.37. The van der Waals surface area contributed by atoms with Gasteiger partial charge in [-0.15, -0.1) is 0 Å². The third-order valence-corrected chi connectivity index (χ3v) is 6.45. The minimum absolute atomic E-state index is 0.0130. The normalized spacial score (nSPS) is 21.3. The second-order valence-corrected chi connectivity index (χ2v) is 8.17. The van der Waals surface area contributed by atoms with E-state index in [0.717, 1.165) is 42.1 Å². The number of aliphatic hydroxyl groups excluding tert-OH is 1. The number of fused-ring (bicyclic) bond motifs is 1. The lowest BCUT2D eigenvalue weighted by Gasteiger charge is -2.30. The molecule has 1 unspecified atom stereocenters. The van der Waals surface area contributed by atoms with Gasteiger partial charge in [-0.25, -0.2) is 0 Å². The Morgan fingerprint density at radius 1 is 1.10 bits per heavy atom. The first-order valence-electron chi connectivity index (χ1n) is 10.6. The number of aromatic amines is 1. The van der Waals surface area contributed by atoms with Crippen molar-refractivity contribution < 1.29 is 19.4 Å². The highest BCUT2D eigenvalue weighted by Gasteiger charge is 2.49. The summed E-state index contributed by atoms with van der Waals surface area (Å²) in [4.78, 5) is 31.2. The number of rotatable bonds is 4. The number of likely N-dealkylation sites (tertiary alicyclic amines) is 1. The quantitative estimate of drug-likeness (QED) is 0.372. The molecule has 1 amide bonds. The molecule has 0 bridgehead atoms. The van der Waals surface area contributed by atoms with Gasteiger partial charge in [-0.05, 0) is 36.6 Å². The van der Waals surface area contributed by atoms with E-state index in [1.165, 1.54) is 0 Å². The molecular weight excluding hydrogens is 392 g/mol. The summed E-state index contributed by atoms with van der Waals surface area (Å²) in [5.74, 6) is -0.686. The highest BCUT2D eigenvalue weighted by Crippen LogP contribution is 2.44. The number of nitrogens with zero attached hydrogens (tertiary/aromatic N) is 1. The standard InChI is InChI=1S/C25H24N2O4/c1-31-17-10-6-7-15(13-17)22-21(24(29)25(30)27(22)16-8-2-3-9-16)23(28)19-14-26-20-12-5-4-11-18(19)20/h4-7,10-14,16,22,26,28H,2-3,8-9H2,1H3/b23-21-. The van der Waals surface area contributed by atoms with Crippen LogP contribution in [0.2, 0.25) is 0 Å². The number of carbonyl (C=O) groups excluding carboxylic acids is 2. The Kier molecular flexibility index (Phi) is 4.77. The Bertz CT molecular complexity index is 1200. The van der Waals surface area contributed by atoms with Crippen molar-refractivity contribution in [3.8, 4) is 5.75 Å². The van der Waals surface area contributed by atoms with Gasteiger partial charge in [0.15, 0.2) is 0 Å². The molecule has 1 saturated carbocycles. The summed E-state index contributed by atoms with van der Waals surface area (Å²) in [5.41, 5.74) is 2.27. The van der Waals surface area contributed by atoms with Crippen LogP contribution >= 0.6 is 0 Å². The smallest absolute Gasteiger partial charge is 0.295 e. The SMILES string of the molecule is COc1cccc(C2/C(=C(/O)c3c[nH]c4ccccc34)C(=O)C(=O)N2C2CCCC2)c1. The maximum Gasteiger partial charge on any atom is 0.295 e. The van der Waals surface area contributed by atoms with Gasteiger partial charge < -0.3 is 19.7 Å². The first kappa shape index (κ1) is 19.4. The third-order valence-electron chi connectivity index (χ3n) is 6.45. The number of hydrogen-bond donors (Lipinski definition) is 2. The van der Waals surface area contributed by atoms with E-state index in [2.05, 4.69) is 4.98 Å². The number of amides is 1. The summed E-state index contributed by atoms with van der Waals surface area (Å²) >= 11 is 0. The molecule has 1 atom stereocenters. The van der Waals surface area contributed by atoms with E-state index in [0.29, 0.717) is 11.3 Å². The van der Waals surface area contributed by atoms with Crippen LogP contribution in [0.3, 0.4) is 0 Å². The maximum absolute atomic E-state index is 13.2. The van der Waals surface area contributed by atoms with Crippen LogP contribution in [0.5, 0.6) is 5.75 Å². The molecule has 5 rings (SSSR count). The van der Waals surface area contributed by atoms with Gasteiger partial charge in [-0.3, -0.25) is 9.59 Å². The first-order valence-corrected chi connectivity index (χ1v) is 10.6. The monoisotopic (exact) mass is 416 g/mol. The maximum atomic E-state index is 13.2. The van der Waals surface area contributed by atoms with Gasteiger partial charge in [-0.1, -0.05) is 43.2 Å². The zero-order chi connectivity index (χ0) is 21.5. The van der Waals surface area contributed by atoms with Crippen molar-refractivity contribution in [2.75, 3.05) is 7.11 Å². The summed E-state index contributed by atoms with van der Waals surface area (Å²) in [7, 11) is 1.58. The number of hydrogen-bond acceptors (Lipinski definition) is 4. The average molecular weight is 416 g/mol. The van der Waals surface area contributed by atoms with Gasteiger partial charge in [0.1, 0.15) is 11.5 Å². The molecule has 2 aromatic carbocycles. The van der Waals surface area contributed by atoms with Crippen molar-refractivity contribution >= 4 is 28.4 Å². The summed E-state index contributed by atoms with van der Waals surface area (Å²) in [6.07, 6.45) is 5.47. The van der Waals surface area contributed by atoms with Gasteiger partial charge in [0.25, 0.3) is 11.7 Å². The molecule has 1 aliphatic carbocycles. The predicted octanol–water partition coefficient (Wildman–Crippen LogP) is 4.54. The molecule has 1 aliphatic heterocycles. The minimum Gasteiger partial charge on any atom is -0.507 e. The average Bonchev–Trinajstić information content (AvgIpc) is 3.52. The van der Waals surface area contributed by atoms with Crippen LogP contribution in [0.1, 0.15) is 42.9 Å². The third kappa shape index (κ3) is 3.10. The number of ether oxygens (including phenoxy) is 1. The van der Waals surface area contributed by atoms with Crippen LogP contribution in [0.15, 0.2) is 60.3 Å². The van der Waals surface area contributed by atoms with E-state index in [1.807, 2.05) is 48.5 Å². The minimum atomic E-state index is -0.646. The van der Waals surface area contributed by atoms with Crippen molar-refractivity contribution in [1.29, 1.82) is 0 Å². The van der Waals surface area contributed by atoms with Crippen LogP contribution < -0.4 is 4.74 Å². The number of carbonyl (C=O) groups is 2. The Hall–Kier alpha value is -3.54. The molecule has 1 saturated heterocycles. The largest absolute Gasteiger partial charge is 0.507 e. The van der Waals surface area contributed by atoms with E-state index in [1.54, 1.807) is 18.2 Å². The topological polar surface area (TPSA) is 82.6 Å². The zero-order valence-electron chi connectivity index (χ0n) is 17.3. The summed E-state index contributed by atoms with van der Waals surface area (Å²) in [5, 5.41) is 12.1. The number of Topliss-reactive ketones (excluding diaryl/α,β-unsaturated/α-hetero) is 1. The van der Waals surface area contributed by atoms with Gasteiger partial charge >= 0.3 is 0 Å². The second kappa shape index (κ2) is 7.61. The summed E-state index contributed by atoms with van der Waals surface area (Å²) in [6, 6.07) is 14.3. The van der Waals surface area contributed by atoms with Crippen molar-refractivity contribution in [3.63, 3.8) is 0 Å². The van der Waals surface area contributed by atoms with Crippen molar-refractivity contribution in [2.45, 2.75) is 37.8 Å². The zero-order valence-corrected chi connectivity index (χ0v) is 17.3. The molecule has 3 aromatic rings. The number of H-pyrrole nitrogens is 1. The molecule has 2 heterocycles. The predicted molar refractivity (Wildman–Crippen MR) is 118 cm³/mol. The summed E-state index contributed by atoms with van der Waals surface area (Å²) in [6.45, 7) is 0.